The van der Waals surface area contributed by atoms with E-state index in [-0.39, 0.29) is 12.2 Å². The predicted molar refractivity (Wildman–Crippen MR) is 70.1 cm³/mol. The van der Waals surface area contributed by atoms with Crippen LogP contribution >= 0.6 is 11.3 Å². The van der Waals surface area contributed by atoms with Crippen LogP contribution in [-0.4, -0.2) is 17.7 Å². The van der Waals surface area contributed by atoms with E-state index in [1.807, 2.05) is 17.5 Å². The molecule has 0 spiro atoms. The van der Waals surface area contributed by atoms with Crippen LogP contribution in [0, 0.1) is 11.8 Å². The van der Waals surface area contributed by atoms with Crippen LogP contribution in [0.2, 0.25) is 0 Å². The number of hydrogen-bond donors (Lipinski definition) is 1. The van der Waals surface area contributed by atoms with E-state index < -0.39 is 5.97 Å². The first-order chi connectivity index (χ1) is 8.77. The fraction of sp³-hybridized carbons (Fsp3) is 0.0714. The number of benzene rings is 1. The number of rotatable bonds is 3. The molecule has 0 fully saturated rings. The lowest BCUT2D eigenvalue weighted by Gasteiger charge is -2.04. The van der Waals surface area contributed by atoms with Crippen LogP contribution in [0.25, 0.3) is 0 Å². The fourth-order valence-corrected chi connectivity index (χ4v) is 1.95. The van der Waals surface area contributed by atoms with E-state index in [1.165, 1.54) is 6.07 Å². The van der Waals surface area contributed by atoms with Crippen LogP contribution in [-0.2, 0) is 0 Å². The highest BCUT2D eigenvalue weighted by atomic mass is 32.1. The molecule has 3 nitrogen and oxygen atoms in total. The second-order valence-corrected chi connectivity index (χ2v) is 4.32. The summed E-state index contributed by atoms with van der Waals surface area (Å²) >= 11 is 1.55. The van der Waals surface area contributed by atoms with Gasteiger partial charge in [-0.05, 0) is 23.6 Å². The standard InChI is InChI=1S/C14H10O3S/c15-14(16)12-7-1-2-8-13(12)17-9-3-5-11-6-4-10-18-11/h1-2,4,6-8,10H,9H2,(H,15,16). The number of carboxylic acids is 1. The maximum Gasteiger partial charge on any atom is 0.339 e. The predicted octanol–water partition coefficient (Wildman–Crippen LogP) is 2.88. The van der Waals surface area contributed by atoms with Crippen molar-refractivity contribution in [3.8, 4) is 17.6 Å². The molecule has 1 heterocycles. The molecule has 0 radical (unpaired) electrons. The minimum absolute atomic E-state index is 0.149. The van der Waals surface area contributed by atoms with Crippen molar-refractivity contribution in [2.45, 2.75) is 0 Å². The topological polar surface area (TPSA) is 46.5 Å². The third kappa shape index (κ3) is 3.12. The zero-order valence-electron chi connectivity index (χ0n) is 9.42. The van der Waals surface area contributed by atoms with E-state index >= 15 is 0 Å². The highest BCUT2D eigenvalue weighted by molar-refractivity contribution is 7.10. The Labute approximate surface area is 109 Å². The molecule has 1 aromatic carbocycles. The molecular weight excluding hydrogens is 248 g/mol. The molecule has 1 N–H and O–H groups in total. The Morgan fingerprint density at radius 1 is 1.28 bits per heavy atom. The molecule has 18 heavy (non-hydrogen) atoms. The van der Waals surface area contributed by atoms with Gasteiger partial charge in [0, 0.05) is 0 Å². The summed E-state index contributed by atoms with van der Waals surface area (Å²) in [6.07, 6.45) is 0. The van der Waals surface area contributed by atoms with Gasteiger partial charge in [0.1, 0.15) is 17.9 Å². The van der Waals surface area contributed by atoms with Gasteiger partial charge in [-0.3, -0.25) is 0 Å². The summed E-state index contributed by atoms with van der Waals surface area (Å²) in [5.41, 5.74) is 0.149. The zero-order chi connectivity index (χ0) is 12.8. The van der Waals surface area contributed by atoms with Crippen LogP contribution in [0.4, 0.5) is 0 Å². The number of carbonyl (C=O) groups is 1. The van der Waals surface area contributed by atoms with Crippen LogP contribution < -0.4 is 4.74 Å². The molecule has 0 bridgehead atoms. The maximum atomic E-state index is 10.9. The third-order valence-corrected chi connectivity index (χ3v) is 2.94. The van der Waals surface area contributed by atoms with Gasteiger partial charge < -0.3 is 9.84 Å². The van der Waals surface area contributed by atoms with E-state index in [2.05, 4.69) is 11.8 Å². The Hall–Kier alpha value is -2.25. The first kappa shape index (κ1) is 12.2. The molecule has 0 saturated heterocycles. The van der Waals surface area contributed by atoms with Crippen molar-refractivity contribution in [2.75, 3.05) is 6.61 Å². The molecule has 0 aliphatic rings. The van der Waals surface area contributed by atoms with Crippen molar-refractivity contribution < 1.29 is 14.6 Å². The smallest absolute Gasteiger partial charge is 0.339 e. The van der Waals surface area contributed by atoms with E-state index in [4.69, 9.17) is 9.84 Å². The van der Waals surface area contributed by atoms with Gasteiger partial charge in [-0.1, -0.05) is 30.0 Å². The SMILES string of the molecule is O=C(O)c1ccccc1OCC#Cc1cccs1. The van der Waals surface area contributed by atoms with Crippen molar-refractivity contribution >= 4 is 17.3 Å². The second kappa shape index (κ2) is 5.89. The van der Waals surface area contributed by atoms with Gasteiger partial charge in [-0.2, -0.15) is 0 Å². The van der Waals surface area contributed by atoms with Gasteiger partial charge in [0.15, 0.2) is 0 Å². The number of aromatic carboxylic acids is 1. The van der Waals surface area contributed by atoms with Crippen LogP contribution in [0.1, 0.15) is 15.2 Å². The minimum atomic E-state index is -1.00. The Morgan fingerprint density at radius 3 is 2.83 bits per heavy atom. The average Bonchev–Trinajstić information content (AvgIpc) is 2.88. The molecule has 4 heteroatoms. The summed E-state index contributed by atoms with van der Waals surface area (Å²) in [5, 5.41) is 10.9. The molecule has 0 aliphatic heterocycles. The molecule has 0 amide bonds. The first-order valence-electron chi connectivity index (χ1n) is 5.25. The Morgan fingerprint density at radius 2 is 2.11 bits per heavy atom. The Bertz CT molecular complexity index is 591. The van der Waals surface area contributed by atoms with E-state index in [9.17, 15) is 4.79 Å². The molecule has 0 atom stereocenters. The van der Waals surface area contributed by atoms with E-state index in [0.717, 1.165) is 4.88 Å². The lowest BCUT2D eigenvalue weighted by atomic mass is 10.2. The monoisotopic (exact) mass is 258 g/mol. The quantitative estimate of drug-likeness (QED) is 0.861. The van der Waals surface area contributed by atoms with Gasteiger partial charge in [0.25, 0.3) is 0 Å². The fourth-order valence-electron chi connectivity index (χ4n) is 1.36. The molecule has 0 saturated carbocycles. The normalized spacial score (nSPS) is 9.33. The summed E-state index contributed by atoms with van der Waals surface area (Å²) in [5.74, 6) is 5.12. The second-order valence-electron chi connectivity index (χ2n) is 3.37. The largest absolute Gasteiger partial charge is 0.480 e. The van der Waals surface area contributed by atoms with Crippen molar-refractivity contribution in [3.63, 3.8) is 0 Å². The molecule has 2 rings (SSSR count). The van der Waals surface area contributed by atoms with Crippen molar-refractivity contribution in [1.82, 2.24) is 0 Å². The number of carboxylic acid groups (broad SMARTS) is 1. The van der Waals surface area contributed by atoms with Crippen molar-refractivity contribution in [2.24, 2.45) is 0 Å². The van der Waals surface area contributed by atoms with Gasteiger partial charge in [0.05, 0.1) is 4.88 Å². The van der Waals surface area contributed by atoms with Crippen LogP contribution in [0.5, 0.6) is 5.75 Å². The number of hydrogen-bond acceptors (Lipinski definition) is 3. The summed E-state index contributed by atoms with van der Waals surface area (Å²) < 4.78 is 5.35. The summed E-state index contributed by atoms with van der Waals surface area (Å²) in [6, 6.07) is 10.4. The molecule has 0 unspecified atom stereocenters. The van der Waals surface area contributed by atoms with Gasteiger partial charge in [-0.25, -0.2) is 4.79 Å². The van der Waals surface area contributed by atoms with Crippen molar-refractivity contribution in [1.29, 1.82) is 0 Å². The average molecular weight is 258 g/mol. The Kier molecular flexibility index (Phi) is 4.00. The number of thiophene rings is 1. The first-order valence-corrected chi connectivity index (χ1v) is 6.13. The van der Waals surface area contributed by atoms with Crippen molar-refractivity contribution in [3.05, 3.63) is 52.2 Å². The highest BCUT2D eigenvalue weighted by Gasteiger charge is 2.08. The Balaban J connectivity index is 2.00. The molecular formula is C14H10O3S. The lowest BCUT2D eigenvalue weighted by Crippen LogP contribution is -2.02. The van der Waals surface area contributed by atoms with Gasteiger partial charge in [0.2, 0.25) is 0 Å². The van der Waals surface area contributed by atoms with Crippen LogP contribution in [0.3, 0.4) is 0 Å². The molecule has 2 aromatic rings. The molecule has 0 aliphatic carbocycles. The maximum absolute atomic E-state index is 10.9. The van der Waals surface area contributed by atoms with E-state index in [1.54, 1.807) is 29.5 Å². The zero-order valence-corrected chi connectivity index (χ0v) is 10.2. The summed E-state index contributed by atoms with van der Waals surface area (Å²) in [6.45, 7) is 0.169. The minimum Gasteiger partial charge on any atom is -0.480 e. The highest BCUT2D eigenvalue weighted by Crippen LogP contribution is 2.17. The number of para-hydroxylation sites is 1. The summed E-state index contributed by atoms with van der Waals surface area (Å²) in [4.78, 5) is 11.9. The lowest BCUT2D eigenvalue weighted by molar-refractivity contribution is 0.0693. The van der Waals surface area contributed by atoms with Gasteiger partial charge >= 0.3 is 5.97 Å². The third-order valence-electron chi connectivity index (χ3n) is 2.15. The van der Waals surface area contributed by atoms with Gasteiger partial charge in [-0.15, -0.1) is 11.3 Å². The summed E-state index contributed by atoms with van der Waals surface area (Å²) in [7, 11) is 0. The van der Waals surface area contributed by atoms with E-state index in [0.29, 0.717) is 5.75 Å². The van der Waals surface area contributed by atoms with Crippen LogP contribution in [0.15, 0.2) is 41.8 Å². The molecule has 1 aromatic heterocycles. The number of ether oxygens (including phenoxy) is 1. The molecule has 90 valence electrons.